The van der Waals surface area contributed by atoms with E-state index in [0.29, 0.717) is 23.3 Å². The number of hydrogen-bond acceptors (Lipinski definition) is 3. The van der Waals surface area contributed by atoms with E-state index in [-0.39, 0.29) is 0 Å². The van der Waals surface area contributed by atoms with E-state index in [2.05, 4.69) is 33.0 Å². The summed E-state index contributed by atoms with van der Waals surface area (Å²) in [4.78, 5) is 0. The highest BCUT2D eigenvalue weighted by atomic mass is 32.2. The van der Waals surface area contributed by atoms with Crippen LogP contribution in [0.4, 0.5) is 0 Å². The molecule has 0 aliphatic rings. The summed E-state index contributed by atoms with van der Waals surface area (Å²) in [5, 5.41) is 12.7. The maximum atomic E-state index is 8.79. The normalized spacial score (nSPS) is 16.7. The third-order valence-corrected chi connectivity index (χ3v) is 3.81. The first-order chi connectivity index (χ1) is 6.41. The van der Waals surface area contributed by atoms with Crippen molar-refractivity contribution in [1.82, 2.24) is 5.32 Å². The number of aliphatic hydroxyl groups excluding tert-OH is 1. The standard InChI is InChI=1S/C11H25NOS/c1-9(6-7-13)14-8-10(12-5)11(2,3)4/h9-10,12-13H,6-8H2,1-5H3. The quantitative estimate of drug-likeness (QED) is 0.718. The summed E-state index contributed by atoms with van der Waals surface area (Å²) >= 11 is 1.94. The molecule has 0 saturated heterocycles. The molecular formula is C11H25NOS. The zero-order chi connectivity index (χ0) is 11.2. The fourth-order valence-electron chi connectivity index (χ4n) is 1.29. The Morgan fingerprint density at radius 2 is 1.93 bits per heavy atom. The van der Waals surface area contributed by atoms with E-state index in [1.165, 1.54) is 0 Å². The molecule has 2 atom stereocenters. The lowest BCUT2D eigenvalue weighted by Gasteiger charge is -2.30. The largest absolute Gasteiger partial charge is 0.396 e. The minimum absolute atomic E-state index is 0.300. The molecule has 2 unspecified atom stereocenters. The SMILES string of the molecule is CNC(CSC(C)CCO)C(C)(C)C. The maximum Gasteiger partial charge on any atom is 0.0441 e. The average molecular weight is 219 g/mol. The third kappa shape index (κ3) is 5.89. The van der Waals surface area contributed by atoms with Gasteiger partial charge in [-0.05, 0) is 18.9 Å². The van der Waals surface area contributed by atoms with E-state index in [9.17, 15) is 0 Å². The Kier molecular flexibility index (Phi) is 6.83. The van der Waals surface area contributed by atoms with Crippen LogP contribution < -0.4 is 5.32 Å². The second-order valence-electron chi connectivity index (χ2n) is 4.86. The molecule has 2 nitrogen and oxygen atoms in total. The van der Waals surface area contributed by atoms with Crippen LogP contribution in [0.25, 0.3) is 0 Å². The summed E-state index contributed by atoms with van der Waals surface area (Å²) in [6.45, 7) is 9.24. The highest BCUT2D eigenvalue weighted by Crippen LogP contribution is 2.24. The smallest absolute Gasteiger partial charge is 0.0441 e. The van der Waals surface area contributed by atoms with Gasteiger partial charge in [-0.2, -0.15) is 11.8 Å². The fraction of sp³-hybridized carbons (Fsp3) is 1.00. The summed E-state index contributed by atoms with van der Waals surface area (Å²) in [6.07, 6.45) is 0.894. The molecule has 0 bridgehead atoms. The van der Waals surface area contributed by atoms with E-state index in [1.807, 2.05) is 18.8 Å². The van der Waals surface area contributed by atoms with Crippen molar-refractivity contribution in [2.75, 3.05) is 19.4 Å². The molecule has 2 N–H and O–H groups in total. The van der Waals surface area contributed by atoms with Crippen molar-refractivity contribution >= 4 is 11.8 Å². The van der Waals surface area contributed by atoms with Gasteiger partial charge in [0.2, 0.25) is 0 Å². The molecule has 0 rings (SSSR count). The Hall–Kier alpha value is 0.270. The van der Waals surface area contributed by atoms with Crippen LogP contribution in [-0.2, 0) is 0 Å². The molecule has 0 aliphatic carbocycles. The first kappa shape index (κ1) is 14.3. The van der Waals surface area contributed by atoms with Gasteiger partial charge < -0.3 is 10.4 Å². The van der Waals surface area contributed by atoms with E-state index < -0.39 is 0 Å². The summed E-state index contributed by atoms with van der Waals surface area (Å²) in [5.74, 6) is 1.11. The molecule has 14 heavy (non-hydrogen) atoms. The van der Waals surface area contributed by atoms with Crippen LogP contribution in [0.5, 0.6) is 0 Å². The van der Waals surface area contributed by atoms with Gasteiger partial charge >= 0.3 is 0 Å². The van der Waals surface area contributed by atoms with Crippen LogP contribution in [0.2, 0.25) is 0 Å². The van der Waals surface area contributed by atoms with Crippen LogP contribution >= 0.6 is 11.8 Å². The molecule has 86 valence electrons. The minimum atomic E-state index is 0.300. The summed E-state index contributed by atoms with van der Waals surface area (Å²) < 4.78 is 0. The fourth-order valence-corrected chi connectivity index (χ4v) is 2.75. The zero-order valence-electron chi connectivity index (χ0n) is 10.1. The Balaban J connectivity index is 3.84. The molecule has 0 aromatic carbocycles. The Morgan fingerprint density at radius 1 is 1.36 bits per heavy atom. The van der Waals surface area contributed by atoms with Gasteiger partial charge in [0.25, 0.3) is 0 Å². The van der Waals surface area contributed by atoms with Crippen molar-refractivity contribution in [3.05, 3.63) is 0 Å². The molecule has 0 aliphatic heterocycles. The van der Waals surface area contributed by atoms with Crippen LogP contribution in [0.3, 0.4) is 0 Å². The predicted octanol–water partition coefficient (Wildman–Crippen LogP) is 2.12. The van der Waals surface area contributed by atoms with Gasteiger partial charge in [-0.3, -0.25) is 0 Å². The lowest BCUT2D eigenvalue weighted by atomic mass is 9.88. The van der Waals surface area contributed by atoms with Crippen LogP contribution in [0, 0.1) is 5.41 Å². The number of nitrogens with one attached hydrogen (secondary N) is 1. The Morgan fingerprint density at radius 3 is 2.29 bits per heavy atom. The van der Waals surface area contributed by atoms with Crippen LogP contribution in [-0.4, -0.2) is 35.8 Å². The van der Waals surface area contributed by atoms with E-state index in [4.69, 9.17) is 5.11 Å². The van der Waals surface area contributed by atoms with E-state index >= 15 is 0 Å². The van der Waals surface area contributed by atoms with Crippen molar-refractivity contribution in [1.29, 1.82) is 0 Å². The average Bonchev–Trinajstić information content (AvgIpc) is 2.03. The second-order valence-corrected chi connectivity index (χ2v) is 6.33. The monoisotopic (exact) mass is 219 g/mol. The highest BCUT2D eigenvalue weighted by Gasteiger charge is 2.23. The van der Waals surface area contributed by atoms with Gasteiger partial charge in [0.15, 0.2) is 0 Å². The molecule has 0 aromatic rings. The number of aliphatic hydroxyl groups is 1. The molecule has 0 aromatic heterocycles. The Bertz CT molecular complexity index is 145. The van der Waals surface area contributed by atoms with E-state index in [0.717, 1.165) is 12.2 Å². The number of thioether (sulfide) groups is 1. The minimum Gasteiger partial charge on any atom is -0.396 e. The zero-order valence-corrected chi connectivity index (χ0v) is 10.9. The maximum absolute atomic E-state index is 8.79. The van der Waals surface area contributed by atoms with Crippen LogP contribution in [0.15, 0.2) is 0 Å². The molecule has 0 radical (unpaired) electrons. The van der Waals surface area contributed by atoms with Crippen molar-refractivity contribution in [2.45, 2.75) is 45.4 Å². The van der Waals surface area contributed by atoms with Gasteiger partial charge in [0, 0.05) is 23.7 Å². The summed E-state index contributed by atoms with van der Waals surface area (Å²) in [5.41, 5.74) is 0.306. The van der Waals surface area contributed by atoms with Gasteiger partial charge in [-0.1, -0.05) is 27.7 Å². The van der Waals surface area contributed by atoms with Crippen molar-refractivity contribution in [2.24, 2.45) is 5.41 Å². The topological polar surface area (TPSA) is 32.3 Å². The first-order valence-corrected chi connectivity index (χ1v) is 6.36. The first-order valence-electron chi connectivity index (χ1n) is 5.31. The lowest BCUT2D eigenvalue weighted by Crippen LogP contribution is -2.40. The third-order valence-electron chi connectivity index (χ3n) is 2.48. The van der Waals surface area contributed by atoms with Gasteiger partial charge in [0.1, 0.15) is 0 Å². The van der Waals surface area contributed by atoms with Crippen LogP contribution in [0.1, 0.15) is 34.1 Å². The Labute approximate surface area is 92.9 Å². The predicted molar refractivity (Wildman–Crippen MR) is 65.9 cm³/mol. The summed E-state index contributed by atoms with van der Waals surface area (Å²) in [6, 6.07) is 0.536. The lowest BCUT2D eigenvalue weighted by molar-refractivity contribution is 0.288. The number of rotatable bonds is 6. The summed E-state index contributed by atoms with van der Waals surface area (Å²) in [7, 11) is 2.02. The van der Waals surface area contributed by atoms with Crippen molar-refractivity contribution < 1.29 is 5.11 Å². The van der Waals surface area contributed by atoms with E-state index in [1.54, 1.807) is 0 Å². The highest BCUT2D eigenvalue weighted by molar-refractivity contribution is 7.99. The van der Waals surface area contributed by atoms with Gasteiger partial charge in [-0.15, -0.1) is 0 Å². The molecular weight excluding hydrogens is 194 g/mol. The van der Waals surface area contributed by atoms with Gasteiger partial charge in [-0.25, -0.2) is 0 Å². The molecule has 0 amide bonds. The number of hydrogen-bond donors (Lipinski definition) is 2. The molecule has 0 fully saturated rings. The van der Waals surface area contributed by atoms with Crippen molar-refractivity contribution in [3.63, 3.8) is 0 Å². The van der Waals surface area contributed by atoms with Crippen molar-refractivity contribution in [3.8, 4) is 0 Å². The molecule has 3 heteroatoms. The van der Waals surface area contributed by atoms with Gasteiger partial charge in [0.05, 0.1) is 0 Å². The molecule has 0 saturated carbocycles. The second kappa shape index (κ2) is 6.70. The molecule has 0 heterocycles. The molecule has 0 spiro atoms.